The van der Waals surface area contributed by atoms with Crippen LogP contribution in [0.2, 0.25) is 0 Å². The van der Waals surface area contributed by atoms with E-state index in [9.17, 15) is 0 Å². The topological polar surface area (TPSA) is 60.4 Å². The second-order valence-electron chi connectivity index (χ2n) is 3.97. The minimum absolute atomic E-state index is 0.557. The van der Waals surface area contributed by atoms with Gasteiger partial charge in [0.2, 0.25) is 5.88 Å². The quantitative estimate of drug-likeness (QED) is 0.495. The maximum absolute atomic E-state index is 5.41. The van der Waals surface area contributed by atoms with Crippen molar-refractivity contribution in [3.05, 3.63) is 12.3 Å². The van der Waals surface area contributed by atoms with Crippen LogP contribution in [-0.4, -0.2) is 34.7 Å². The first-order chi connectivity index (χ1) is 7.95. The van der Waals surface area contributed by atoms with E-state index in [1.54, 1.807) is 12.3 Å². The zero-order valence-corrected chi connectivity index (χ0v) is 9.34. The molecule has 1 aliphatic heterocycles. The molecule has 0 aliphatic carbocycles. The molecular formula is C11H17N3O2. The van der Waals surface area contributed by atoms with Gasteiger partial charge in [-0.05, 0) is 18.1 Å². The fraction of sp³-hybridized carbons (Fsp3) is 0.727. The van der Waals surface area contributed by atoms with Crippen molar-refractivity contribution in [3.63, 3.8) is 0 Å². The lowest BCUT2D eigenvalue weighted by atomic mass is 10.1. The van der Waals surface area contributed by atoms with Crippen molar-refractivity contribution in [1.82, 2.24) is 15.4 Å². The van der Waals surface area contributed by atoms with E-state index in [2.05, 4.69) is 15.4 Å². The molecule has 0 bridgehead atoms. The molecule has 16 heavy (non-hydrogen) atoms. The molecule has 1 saturated heterocycles. The summed E-state index contributed by atoms with van der Waals surface area (Å²) in [6.45, 7) is 1.68. The van der Waals surface area contributed by atoms with E-state index < -0.39 is 0 Å². The number of hydrogen-bond acceptors (Lipinski definition) is 5. The molecule has 1 aromatic heterocycles. The third kappa shape index (κ3) is 4.53. The smallest absolute Gasteiger partial charge is 0.236 e. The van der Waals surface area contributed by atoms with E-state index in [1.807, 2.05) is 0 Å². The fourth-order valence-corrected chi connectivity index (χ4v) is 1.55. The Morgan fingerprint density at radius 2 is 2.19 bits per heavy atom. The van der Waals surface area contributed by atoms with Crippen LogP contribution in [0.5, 0.6) is 5.88 Å². The van der Waals surface area contributed by atoms with Gasteiger partial charge in [0.15, 0.2) is 0 Å². The Bertz CT molecular complexity index is 291. The highest BCUT2D eigenvalue weighted by Crippen LogP contribution is 2.17. The van der Waals surface area contributed by atoms with Gasteiger partial charge < -0.3 is 9.47 Å². The van der Waals surface area contributed by atoms with Crippen LogP contribution in [0, 0.1) is 0 Å². The van der Waals surface area contributed by atoms with E-state index in [1.165, 1.54) is 25.7 Å². The summed E-state index contributed by atoms with van der Waals surface area (Å²) >= 11 is 0. The van der Waals surface area contributed by atoms with Crippen LogP contribution in [-0.2, 0) is 4.74 Å². The van der Waals surface area contributed by atoms with Gasteiger partial charge in [-0.15, -0.1) is 5.10 Å². The number of rotatable bonds is 8. The first-order valence-electron chi connectivity index (χ1n) is 5.84. The van der Waals surface area contributed by atoms with Crippen molar-refractivity contribution < 1.29 is 9.47 Å². The van der Waals surface area contributed by atoms with Crippen LogP contribution in [0.4, 0.5) is 0 Å². The zero-order valence-electron chi connectivity index (χ0n) is 9.34. The first kappa shape index (κ1) is 11.3. The van der Waals surface area contributed by atoms with Gasteiger partial charge in [0.05, 0.1) is 25.5 Å². The molecule has 1 aliphatic rings. The molecular weight excluding hydrogens is 206 g/mol. The van der Waals surface area contributed by atoms with Crippen LogP contribution >= 0.6 is 0 Å². The molecule has 0 aromatic carbocycles. The minimum Gasteiger partial charge on any atom is -0.477 e. The Morgan fingerprint density at radius 1 is 1.31 bits per heavy atom. The molecule has 2 rings (SSSR count). The molecule has 88 valence electrons. The lowest BCUT2D eigenvalue weighted by molar-refractivity contribution is 0.287. The highest BCUT2D eigenvalue weighted by Gasteiger charge is 2.20. The van der Waals surface area contributed by atoms with Gasteiger partial charge in [-0.25, -0.2) is 0 Å². The SMILES string of the molecule is c1cc(OCCCCCCC2CO2)nnn1. The number of hydrogen-bond donors (Lipinski definition) is 0. The van der Waals surface area contributed by atoms with Gasteiger partial charge in [0.25, 0.3) is 0 Å². The fourth-order valence-electron chi connectivity index (χ4n) is 1.55. The molecule has 0 spiro atoms. The van der Waals surface area contributed by atoms with E-state index in [0.717, 1.165) is 13.0 Å². The highest BCUT2D eigenvalue weighted by molar-refractivity contribution is 5.01. The third-order valence-electron chi connectivity index (χ3n) is 2.55. The highest BCUT2D eigenvalue weighted by atomic mass is 16.6. The molecule has 1 unspecified atom stereocenters. The normalized spacial score (nSPS) is 18.4. The largest absolute Gasteiger partial charge is 0.477 e. The number of nitrogens with zero attached hydrogens (tertiary/aromatic N) is 3. The molecule has 0 radical (unpaired) electrons. The van der Waals surface area contributed by atoms with Crippen molar-refractivity contribution in [2.45, 2.75) is 38.2 Å². The van der Waals surface area contributed by atoms with E-state index >= 15 is 0 Å². The first-order valence-corrected chi connectivity index (χ1v) is 5.84. The molecule has 0 N–H and O–H groups in total. The Balaban J connectivity index is 1.42. The van der Waals surface area contributed by atoms with Gasteiger partial charge in [0.1, 0.15) is 0 Å². The minimum atomic E-state index is 0.557. The van der Waals surface area contributed by atoms with Crippen molar-refractivity contribution in [1.29, 1.82) is 0 Å². The second-order valence-corrected chi connectivity index (χ2v) is 3.97. The zero-order chi connectivity index (χ0) is 11.1. The van der Waals surface area contributed by atoms with Gasteiger partial charge in [-0.1, -0.05) is 24.4 Å². The lowest BCUT2D eigenvalue weighted by Crippen LogP contribution is -2.00. The van der Waals surface area contributed by atoms with E-state index in [-0.39, 0.29) is 0 Å². The number of ether oxygens (including phenoxy) is 2. The van der Waals surface area contributed by atoms with Crippen LogP contribution < -0.4 is 4.74 Å². The predicted molar refractivity (Wildman–Crippen MR) is 58.1 cm³/mol. The van der Waals surface area contributed by atoms with Crippen molar-refractivity contribution in [3.8, 4) is 5.88 Å². The van der Waals surface area contributed by atoms with Crippen LogP contribution in [0.25, 0.3) is 0 Å². The summed E-state index contributed by atoms with van der Waals surface area (Å²) in [6.07, 6.45) is 8.16. The van der Waals surface area contributed by atoms with Crippen LogP contribution in [0.3, 0.4) is 0 Å². The average Bonchev–Trinajstić information content (AvgIpc) is 3.13. The maximum Gasteiger partial charge on any atom is 0.236 e. The van der Waals surface area contributed by atoms with Crippen molar-refractivity contribution >= 4 is 0 Å². The molecule has 5 heteroatoms. The molecule has 2 heterocycles. The van der Waals surface area contributed by atoms with Gasteiger partial charge in [0, 0.05) is 6.07 Å². The average molecular weight is 223 g/mol. The maximum atomic E-state index is 5.41. The second kappa shape index (κ2) is 6.37. The molecule has 0 amide bonds. The van der Waals surface area contributed by atoms with Gasteiger partial charge >= 0.3 is 0 Å². The predicted octanol–water partition coefficient (Wildman–Crippen LogP) is 1.60. The Labute approximate surface area is 95.2 Å². The summed E-state index contributed by atoms with van der Waals surface area (Å²) in [7, 11) is 0. The number of epoxide rings is 1. The molecule has 1 aromatic rings. The summed E-state index contributed by atoms with van der Waals surface area (Å²) in [4.78, 5) is 0. The Morgan fingerprint density at radius 3 is 2.94 bits per heavy atom. The number of unbranched alkanes of at least 4 members (excludes halogenated alkanes) is 3. The van der Waals surface area contributed by atoms with Gasteiger partial charge in [-0.3, -0.25) is 0 Å². The summed E-state index contributed by atoms with van der Waals surface area (Å²) in [5, 5.41) is 10.8. The summed E-state index contributed by atoms with van der Waals surface area (Å²) in [6, 6.07) is 1.72. The Kier molecular flexibility index (Phi) is 4.49. The van der Waals surface area contributed by atoms with E-state index in [0.29, 0.717) is 18.6 Å². The molecule has 1 fully saturated rings. The summed E-state index contributed by atoms with van der Waals surface area (Å²) in [5.74, 6) is 0.557. The van der Waals surface area contributed by atoms with Crippen molar-refractivity contribution in [2.75, 3.05) is 13.2 Å². The number of aromatic nitrogens is 3. The lowest BCUT2D eigenvalue weighted by Gasteiger charge is -2.03. The third-order valence-corrected chi connectivity index (χ3v) is 2.55. The van der Waals surface area contributed by atoms with Crippen molar-refractivity contribution in [2.24, 2.45) is 0 Å². The molecule has 1 atom stereocenters. The molecule has 0 saturated carbocycles. The Hall–Kier alpha value is -1.23. The molecule has 5 nitrogen and oxygen atoms in total. The summed E-state index contributed by atoms with van der Waals surface area (Å²) in [5.41, 5.74) is 0. The van der Waals surface area contributed by atoms with Crippen LogP contribution in [0.15, 0.2) is 12.3 Å². The standard InChI is InChI=1S/C11H17N3O2/c1(3-5-10-9-16-10)2-4-8-15-11-6-7-12-14-13-11/h6-7,10H,1-5,8-9H2. The van der Waals surface area contributed by atoms with Gasteiger partial charge in [-0.2, -0.15) is 0 Å². The summed E-state index contributed by atoms with van der Waals surface area (Å²) < 4.78 is 10.6. The monoisotopic (exact) mass is 223 g/mol. The van der Waals surface area contributed by atoms with E-state index in [4.69, 9.17) is 9.47 Å². The van der Waals surface area contributed by atoms with Crippen LogP contribution in [0.1, 0.15) is 32.1 Å².